The summed E-state index contributed by atoms with van der Waals surface area (Å²) in [4.78, 5) is 25.8. The lowest BCUT2D eigenvalue weighted by atomic mass is 10.0. The minimum atomic E-state index is -0.714. The molecule has 4 rings (SSSR count). The summed E-state index contributed by atoms with van der Waals surface area (Å²) >= 11 is 7.47. The summed E-state index contributed by atoms with van der Waals surface area (Å²) in [7, 11) is 0. The minimum absolute atomic E-state index is 0.193. The molecule has 28 heavy (non-hydrogen) atoms. The van der Waals surface area contributed by atoms with E-state index < -0.39 is 11.9 Å². The van der Waals surface area contributed by atoms with E-state index in [0.29, 0.717) is 16.5 Å². The topological polar surface area (TPSA) is 58.2 Å². The van der Waals surface area contributed by atoms with Crippen LogP contribution in [0.25, 0.3) is 10.1 Å². The average molecular weight is 417 g/mol. The lowest BCUT2D eigenvalue weighted by Crippen LogP contribution is -2.48. The van der Waals surface area contributed by atoms with E-state index in [1.165, 1.54) is 12.1 Å². The van der Waals surface area contributed by atoms with Gasteiger partial charge in [0.15, 0.2) is 0 Å². The van der Waals surface area contributed by atoms with E-state index in [2.05, 4.69) is 10.6 Å². The summed E-state index contributed by atoms with van der Waals surface area (Å²) in [5, 5.41) is 6.66. The van der Waals surface area contributed by atoms with Crippen molar-refractivity contribution in [2.24, 2.45) is 0 Å². The van der Waals surface area contributed by atoms with Gasteiger partial charge < -0.3 is 10.6 Å². The Labute approximate surface area is 170 Å². The molecular weight excluding hydrogens is 399 g/mol. The number of carbonyl (C=O) groups is 2. The summed E-state index contributed by atoms with van der Waals surface area (Å²) in [5.41, 5.74) is 0.947. The second-order valence-electron chi connectivity index (χ2n) is 6.88. The van der Waals surface area contributed by atoms with Gasteiger partial charge in [0.25, 0.3) is 5.91 Å². The fraction of sp³-hybridized carbons (Fsp3) is 0.238. The molecule has 0 saturated heterocycles. The molecule has 2 amide bonds. The first-order chi connectivity index (χ1) is 13.5. The van der Waals surface area contributed by atoms with Crippen LogP contribution in [-0.2, 0) is 11.2 Å². The molecule has 0 spiro atoms. The number of benzene rings is 2. The van der Waals surface area contributed by atoms with E-state index in [1.54, 1.807) is 6.07 Å². The molecule has 1 heterocycles. The van der Waals surface area contributed by atoms with Gasteiger partial charge in [-0.25, -0.2) is 4.39 Å². The van der Waals surface area contributed by atoms with Crippen LogP contribution in [0.3, 0.4) is 0 Å². The van der Waals surface area contributed by atoms with E-state index in [9.17, 15) is 14.0 Å². The highest BCUT2D eigenvalue weighted by molar-refractivity contribution is 7.21. The van der Waals surface area contributed by atoms with Gasteiger partial charge in [0, 0.05) is 22.5 Å². The monoisotopic (exact) mass is 416 g/mol. The van der Waals surface area contributed by atoms with Crippen LogP contribution < -0.4 is 10.6 Å². The van der Waals surface area contributed by atoms with Crippen LogP contribution >= 0.6 is 22.9 Å². The highest BCUT2D eigenvalue weighted by Gasteiger charge is 2.29. The van der Waals surface area contributed by atoms with Gasteiger partial charge in [-0.05, 0) is 36.6 Å². The molecule has 0 aliphatic heterocycles. The fourth-order valence-electron chi connectivity index (χ4n) is 3.00. The third kappa shape index (κ3) is 4.18. The molecule has 2 N–H and O–H groups in total. The summed E-state index contributed by atoms with van der Waals surface area (Å²) < 4.78 is 14.1. The fourth-order valence-corrected chi connectivity index (χ4v) is 4.44. The standard InChI is InChI=1S/C21H18ClFN2O2S/c22-18-15-9-6-13(23)11-17(15)28-19(18)21(27)25-16(20(26)24-14-7-8-14)10-12-4-2-1-3-5-12/h1-6,9,11,14,16H,7-8,10H2,(H,24,26)(H,25,27). The second kappa shape index (κ2) is 7.89. The first-order valence-corrected chi connectivity index (χ1v) is 10.2. The number of rotatable bonds is 6. The van der Waals surface area contributed by atoms with E-state index in [4.69, 9.17) is 11.6 Å². The van der Waals surface area contributed by atoms with Gasteiger partial charge in [0.1, 0.15) is 16.7 Å². The Kier molecular flexibility index (Phi) is 5.33. The Morgan fingerprint density at radius 2 is 1.93 bits per heavy atom. The lowest BCUT2D eigenvalue weighted by molar-refractivity contribution is -0.123. The lowest BCUT2D eigenvalue weighted by Gasteiger charge is -2.18. The van der Waals surface area contributed by atoms with Crippen LogP contribution in [-0.4, -0.2) is 23.9 Å². The number of amides is 2. The number of carbonyl (C=O) groups excluding carboxylic acids is 2. The molecule has 1 aromatic heterocycles. The van der Waals surface area contributed by atoms with Gasteiger partial charge in [0.2, 0.25) is 5.91 Å². The summed E-state index contributed by atoms with van der Waals surface area (Å²) in [6, 6.07) is 13.2. The number of thiophene rings is 1. The average Bonchev–Trinajstić information content (AvgIpc) is 3.43. The Morgan fingerprint density at radius 3 is 2.64 bits per heavy atom. The van der Waals surface area contributed by atoms with Crippen LogP contribution in [0.15, 0.2) is 48.5 Å². The first kappa shape index (κ1) is 18.9. The maximum Gasteiger partial charge on any atom is 0.263 e. The van der Waals surface area contributed by atoms with Crippen molar-refractivity contribution in [2.45, 2.75) is 31.3 Å². The zero-order valence-corrected chi connectivity index (χ0v) is 16.4. The van der Waals surface area contributed by atoms with Gasteiger partial charge >= 0.3 is 0 Å². The van der Waals surface area contributed by atoms with Crippen molar-refractivity contribution < 1.29 is 14.0 Å². The van der Waals surface area contributed by atoms with Crippen LogP contribution in [0, 0.1) is 5.82 Å². The molecule has 0 bridgehead atoms. The molecule has 4 nitrogen and oxygen atoms in total. The third-order valence-corrected chi connectivity index (χ3v) is 6.28. The predicted octanol–water partition coefficient (Wildman–Crippen LogP) is 4.31. The largest absolute Gasteiger partial charge is 0.352 e. The summed E-state index contributed by atoms with van der Waals surface area (Å²) in [6.07, 6.45) is 2.30. The van der Waals surface area contributed by atoms with E-state index >= 15 is 0 Å². The Hall–Kier alpha value is -2.44. The van der Waals surface area contributed by atoms with Crippen molar-refractivity contribution in [3.63, 3.8) is 0 Å². The zero-order valence-electron chi connectivity index (χ0n) is 14.9. The maximum atomic E-state index is 13.5. The smallest absolute Gasteiger partial charge is 0.263 e. The molecule has 0 radical (unpaired) electrons. The number of fused-ring (bicyclic) bond motifs is 1. The highest BCUT2D eigenvalue weighted by Crippen LogP contribution is 2.35. The molecule has 1 saturated carbocycles. The third-order valence-electron chi connectivity index (χ3n) is 4.63. The Balaban J connectivity index is 1.57. The Morgan fingerprint density at radius 1 is 1.18 bits per heavy atom. The van der Waals surface area contributed by atoms with Crippen molar-refractivity contribution in [1.82, 2.24) is 10.6 Å². The van der Waals surface area contributed by atoms with Crippen molar-refractivity contribution >= 4 is 44.8 Å². The van der Waals surface area contributed by atoms with Crippen LogP contribution in [0.2, 0.25) is 5.02 Å². The van der Waals surface area contributed by atoms with Crippen molar-refractivity contribution in [2.75, 3.05) is 0 Å². The zero-order chi connectivity index (χ0) is 19.7. The van der Waals surface area contributed by atoms with Crippen molar-refractivity contribution in [3.8, 4) is 0 Å². The van der Waals surface area contributed by atoms with Gasteiger partial charge in [-0.3, -0.25) is 9.59 Å². The highest BCUT2D eigenvalue weighted by atomic mass is 35.5. The Bertz CT molecular complexity index is 1030. The van der Waals surface area contributed by atoms with Gasteiger partial charge in [-0.1, -0.05) is 41.9 Å². The number of hydrogen-bond acceptors (Lipinski definition) is 3. The first-order valence-electron chi connectivity index (χ1n) is 9.04. The molecule has 2 aromatic carbocycles. The van der Waals surface area contributed by atoms with Gasteiger partial charge in [-0.2, -0.15) is 0 Å². The molecular formula is C21H18ClFN2O2S. The van der Waals surface area contributed by atoms with E-state index in [0.717, 1.165) is 29.7 Å². The molecule has 7 heteroatoms. The number of nitrogens with one attached hydrogen (secondary N) is 2. The van der Waals surface area contributed by atoms with Gasteiger partial charge in [0.05, 0.1) is 5.02 Å². The number of halogens is 2. The van der Waals surface area contributed by atoms with Crippen LogP contribution in [0.1, 0.15) is 28.1 Å². The van der Waals surface area contributed by atoms with Gasteiger partial charge in [-0.15, -0.1) is 11.3 Å². The molecule has 1 aliphatic rings. The van der Waals surface area contributed by atoms with E-state index in [1.807, 2.05) is 30.3 Å². The molecule has 1 unspecified atom stereocenters. The summed E-state index contributed by atoms with van der Waals surface area (Å²) in [6.45, 7) is 0. The molecule has 144 valence electrons. The molecule has 1 aliphatic carbocycles. The maximum absolute atomic E-state index is 13.5. The second-order valence-corrected chi connectivity index (χ2v) is 8.31. The predicted molar refractivity (Wildman–Crippen MR) is 109 cm³/mol. The SMILES string of the molecule is O=C(NC(Cc1ccccc1)C(=O)NC1CC1)c1sc2cc(F)ccc2c1Cl. The van der Waals surface area contributed by atoms with Crippen LogP contribution in [0.5, 0.6) is 0 Å². The van der Waals surface area contributed by atoms with Crippen molar-refractivity contribution in [1.29, 1.82) is 0 Å². The molecule has 1 fully saturated rings. The quantitative estimate of drug-likeness (QED) is 0.629. The summed E-state index contributed by atoms with van der Waals surface area (Å²) in [5.74, 6) is -1.02. The van der Waals surface area contributed by atoms with E-state index in [-0.39, 0.29) is 27.7 Å². The number of hydrogen-bond donors (Lipinski definition) is 2. The molecule has 1 atom stereocenters. The normalized spacial score (nSPS) is 14.6. The minimum Gasteiger partial charge on any atom is -0.352 e. The molecule has 3 aromatic rings. The van der Waals surface area contributed by atoms with Crippen LogP contribution in [0.4, 0.5) is 4.39 Å². The van der Waals surface area contributed by atoms with Crippen molar-refractivity contribution in [3.05, 3.63) is 69.8 Å².